The lowest BCUT2D eigenvalue weighted by Crippen LogP contribution is -2.41. The van der Waals surface area contributed by atoms with Crippen LogP contribution in [0.25, 0.3) is 0 Å². The number of nitrogens with two attached hydrogens (primary N) is 1. The van der Waals surface area contributed by atoms with E-state index < -0.39 is 0 Å². The maximum absolute atomic E-state index is 6.09. The van der Waals surface area contributed by atoms with Gasteiger partial charge in [0.25, 0.3) is 0 Å². The Kier molecular flexibility index (Phi) is 4.69. The Hall–Kier alpha value is -0.0800. The van der Waals surface area contributed by atoms with E-state index in [4.69, 9.17) is 10.5 Å². The fourth-order valence-corrected chi connectivity index (χ4v) is 1.19. The summed E-state index contributed by atoms with van der Waals surface area (Å²) >= 11 is 0. The first kappa shape index (κ1) is 10.9. The molecule has 68 valence electrons. The molecule has 0 fully saturated rings. The first-order chi connectivity index (χ1) is 5.08. The van der Waals surface area contributed by atoms with Crippen LogP contribution in [-0.2, 0) is 4.74 Å². The van der Waals surface area contributed by atoms with E-state index in [-0.39, 0.29) is 11.6 Å². The molecule has 0 aromatic rings. The van der Waals surface area contributed by atoms with Gasteiger partial charge in [-0.1, -0.05) is 13.8 Å². The molecule has 0 spiro atoms. The number of ether oxygens (including phenoxy) is 1. The van der Waals surface area contributed by atoms with Crippen molar-refractivity contribution in [2.24, 2.45) is 5.73 Å². The third-order valence-corrected chi connectivity index (χ3v) is 2.50. The summed E-state index contributed by atoms with van der Waals surface area (Å²) in [5.74, 6) is 0. The van der Waals surface area contributed by atoms with Crippen LogP contribution in [0.2, 0.25) is 0 Å². The number of hydrogen-bond donors (Lipinski definition) is 1. The van der Waals surface area contributed by atoms with Crippen LogP contribution < -0.4 is 5.73 Å². The van der Waals surface area contributed by atoms with Crippen LogP contribution in [0.15, 0.2) is 0 Å². The summed E-state index contributed by atoms with van der Waals surface area (Å²) < 4.78 is 5.17. The van der Waals surface area contributed by atoms with Crippen molar-refractivity contribution in [2.75, 3.05) is 7.11 Å². The zero-order valence-corrected chi connectivity index (χ0v) is 8.18. The van der Waals surface area contributed by atoms with Crippen molar-refractivity contribution in [2.45, 2.75) is 51.7 Å². The van der Waals surface area contributed by atoms with Gasteiger partial charge < -0.3 is 10.5 Å². The molecule has 0 aromatic heterocycles. The van der Waals surface area contributed by atoms with Gasteiger partial charge in [0.05, 0.1) is 6.10 Å². The van der Waals surface area contributed by atoms with Crippen molar-refractivity contribution in [3.05, 3.63) is 0 Å². The Labute approximate surface area is 70.1 Å². The average Bonchev–Trinajstić information content (AvgIpc) is 2.04. The van der Waals surface area contributed by atoms with Crippen LogP contribution in [0.1, 0.15) is 40.0 Å². The van der Waals surface area contributed by atoms with Gasteiger partial charge in [0.15, 0.2) is 0 Å². The van der Waals surface area contributed by atoms with Crippen LogP contribution in [0, 0.1) is 0 Å². The molecule has 0 saturated heterocycles. The number of rotatable bonds is 5. The highest BCUT2D eigenvalue weighted by atomic mass is 16.5. The fraction of sp³-hybridized carbons (Fsp3) is 1.00. The highest BCUT2D eigenvalue weighted by Gasteiger charge is 2.22. The first-order valence-corrected chi connectivity index (χ1v) is 4.39. The Bertz CT molecular complexity index is 99.7. The zero-order valence-electron chi connectivity index (χ0n) is 8.18. The van der Waals surface area contributed by atoms with Gasteiger partial charge in [-0.2, -0.15) is 0 Å². The predicted octanol–water partition coefficient (Wildman–Crippen LogP) is 1.93. The topological polar surface area (TPSA) is 35.2 Å². The average molecular weight is 159 g/mol. The molecular formula is C9H21NO. The van der Waals surface area contributed by atoms with Crippen molar-refractivity contribution in [1.29, 1.82) is 0 Å². The minimum absolute atomic E-state index is 0.0184. The number of methoxy groups -OCH3 is 1. The summed E-state index contributed by atoms with van der Waals surface area (Å²) in [4.78, 5) is 0. The highest BCUT2D eigenvalue weighted by Crippen LogP contribution is 2.18. The summed E-state index contributed by atoms with van der Waals surface area (Å²) in [6.07, 6.45) is 3.28. The molecule has 0 heterocycles. The van der Waals surface area contributed by atoms with E-state index in [0.717, 1.165) is 19.3 Å². The normalized spacial score (nSPS) is 15.0. The largest absolute Gasteiger partial charge is 0.382 e. The molecule has 0 rings (SSSR count). The molecule has 0 amide bonds. The van der Waals surface area contributed by atoms with Gasteiger partial charge in [-0.15, -0.1) is 0 Å². The highest BCUT2D eigenvalue weighted by molar-refractivity contribution is 4.82. The molecule has 0 aliphatic carbocycles. The van der Waals surface area contributed by atoms with Crippen molar-refractivity contribution in [3.8, 4) is 0 Å². The fourth-order valence-electron chi connectivity index (χ4n) is 1.19. The van der Waals surface area contributed by atoms with Gasteiger partial charge in [0.2, 0.25) is 0 Å². The molecule has 1 atom stereocenters. The predicted molar refractivity (Wildman–Crippen MR) is 48.6 cm³/mol. The molecule has 0 aromatic carbocycles. The summed E-state index contributed by atoms with van der Waals surface area (Å²) in [5, 5.41) is 0. The van der Waals surface area contributed by atoms with E-state index >= 15 is 0 Å². The van der Waals surface area contributed by atoms with Gasteiger partial charge in [0.1, 0.15) is 0 Å². The maximum Gasteiger partial charge on any atom is 0.0560 e. The van der Waals surface area contributed by atoms with Gasteiger partial charge in [-0.05, 0) is 26.2 Å². The van der Waals surface area contributed by atoms with E-state index in [9.17, 15) is 0 Å². The Morgan fingerprint density at radius 1 is 1.36 bits per heavy atom. The summed E-state index contributed by atoms with van der Waals surface area (Å²) in [6.45, 7) is 6.32. The van der Waals surface area contributed by atoms with Gasteiger partial charge in [-0.3, -0.25) is 0 Å². The molecule has 1 unspecified atom stereocenters. The lowest BCUT2D eigenvalue weighted by molar-refractivity contribution is 0.0857. The quantitative estimate of drug-likeness (QED) is 0.665. The molecule has 0 radical (unpaired) electrons. The molecule has 2 nitrogen and oxygen atoms in total. The van der Waals surface area contributed by atoms with E-state index in [1.807, 2.05) is 0 Å². The SMILES string of the molecule is CCC(N)(CC)CC(C)OC. The molecule has 0 saturated carbocycles. The van der Waals surface area contributed by atoms with Gasteiger partial charge >= 0.3 is 0 Å². The monoisotopic (exact) mass is 159 g/mol. The molecule has 0 aliphatic rings. The summed E-state index contributed by atoms with van der Waals surface area (Å²) in [5.41, 5.74) is 6.07. The van der Waals surface area contributed by atoms with Crippen molar-refractivity contribution in [1.82, 2.24) is 0 Å². The minimum atomic E-state index is -0.0184. The Morgan fingerprint density at radius 2 is 1.82 bits per heavy atom. The van der Waals surface area contributed by atoms with Crippen LogP contribution in [0.4, 0.5) is 0 Å². The van der Waals surface area contributed by atoms with Crippen LogP contribution in [0.5, 0.6) is 0 Å². The standard InChI is InChI=1S/C9H21NO/c1-5-9(10,6-2)7-8(3)11-4/h8H,5-7,10H2,1-4H3. The van der Waals surface area contributed by atoms with Gasteiger partial charge in [0, 0.05) is 12.6 Å². The first-order valence-electron chi connectivity index (χ1n) is 4.39. The second kappa shape index (κ2) is 4.73. The van der Waals surface area contributed by atoms with Crippen LogP contribution >= 0.6 is 0 Å². The van der Waals surface area contributed by atoms with Crippen LogP contribution in [-0.4, -0.2) is 18.8 Å². The maximum atomic E-state index is 6.09. The van der Waals surface area contributed by atoms with E-state index in [1.54, 1.807) is 7.11 Å². The lowest BCUT2D eigenvalue weighted by Gasteiger charge is -2.29. The molecule has 0 bridgehead atoms. The van der Waals surface area contributed by atoms with E-state index in [0.29, 0.717) is 0 Å². The molecule has 11 heavy (non-hydrogen) atoms. The molecular weight excluding hydrogens is 138 g/mol. The van der Waals surface area contributed by atoms with Crippen LogP contribution in [0.3, 0.4) is 0 Å². The summed E-state index contributed by atoms with van der Waals surface area (Å²) in [6, 6.07) is 0. The molecule has 0 aliphatic heterocycles. The second-order valence-electron chi connectivity index (χ2n) is 3.32. The van der Waals surface area contributed by atoms with Crippen molar-refractivity contribution in [3.63, 3.8) is 0 Å². The smallest absolute Gasteiger partial charge is 0.0560 e. The molecule has 2 heteroatoms. The van der Waals surface area contributed by atoms with E-state index in [1.165, 1.54) is 0 Å². The third-order valence-electron chi connectivity index (χ3n) is 2.50. The van der Waals surface area contributed by atoms with Crippen molar-refractivity contribution < 1.29 is 4.74 Å². The van der Waals surface area contributed by atoms with Gasteiger partial charge in [-0.25, -0.2) is 0 Å². The van der Waals surface area contributed by atoms with Crippen molar-refractivity contribution >= 4 is 0 Å². The number of hydrogen-bond acceptors (Lipinski definition) is 2. The summed E-state index contributed by atoms with van der Waals surface area (Å²) in [7, 11) is 1.73. The third kappa shape index (κ3) is 3.73. The minimum Gasteiger partial charge on any atom is -0.382 e. The zero-order chi connectivity index (χ0) is 8.91. The Morgan fingerprint density at radius 3 is 2.09 bits per heavy atom. The lowest BCUT2D eigenvalue weighted by atomic mass is 9.88. The Balaban J connectivity index is 3.86. The van der Waals surface area contributed by atoms with E-state index in [2.05, 4.69) is 20.8 Å². The second-order valence-corrected chi connectivity index (χ2v) is 3.32. The molecule has 2 N–H and O–H groups in total.